The number of hydrogen-bond donors (Lipinski definition) is 1. The summed E-state index contributed by atoms with van der Waals surface area (Å²) in [4.78, 5) is 48.5. The molecule has 2 bridgehead atoms. The molecular formula is C33H38ClN3O4S. The molecule has 0 aromatic heterocycles. The van der Waals surface area contributed by atoms with Gasteiger partial charge in [0, 0.05) is 37.2 Å². The van der Waals surface area contributed by atoms with Crippen molar-refractivity contribution in [1.29, 1.82) is 0 Å². The van der Waals surface area contributed by atoms with E-state index in [0.29, 0.717) is 43.1 Å². The van der Waals surface area contributed by atoms with Crippen molar-refractivity contribution < 1.29 is 19.5 Å². The number of amides is 3. The number of aryl methyl sites for hydroxylation is 1. The van der Waals surface area contributed by atoms with Crippen LogP contribution in [0.4, 0.5) is 11.4 Å². The second-order valence-electron chi connectivity index (χ2n) is 11.2. The molecule has 1 spiro atoms. The zero-order chi connectivity index (χ0) is 30.0. The van der Waals surface area contributed by atoms with Gasteiger partial charge in [-0.25, -0.2) is 0 Å². The maximum absolute atomic E-state index is 14.7. The Kier molecular flexibility index (Phi) is 9.16. The summed E-state index contributed by atoms with van der Waals surface area (Å²) in [6.07, 6.45) is 5.86. The van der Waals surface area contributed by atoms with Gasteiger partial charge < -0.3 is 19.8 Å². The number of rotatable bonds is 12. The lowest BCUT2D eigenvalue weighted by atomic mass is 9.70. The summed E-state index contributed by atoms with van der Waals surface area (Å²) >= 11 is 8.30. The third-order valence-corrected chi connectivity index (χ3v) is 11.1. The number of hydrogen-bond acceptors (Lipinski definition) is 5. The van der Waals surface area contributed by atoms with Crippen molar-refractivity contribution in [1.82, 2.24) is 4.90 Å². The molecule has 2 aromatic rings. The van der Waals surface area contributed by atoms with E-state index in [4.69, 9.17) is 11.6 Å². The zero-order valence-electron chi connectivity index (χ0n) is 24.0. The minimum Gasteiger partial charge on any atom is -0.396 e. The van der Waals surface area contributed by atoms with E-state index in [-0.39, 0.29) is 36.1 Å². The van der Waals surface area contributed by atoms with Crippen molar-refractivity contribution in [2.75, 3.05) is 36.0 Å². The number of benzene rings is 2. The van der Waals surface area contributed by atoms with Crippen LogP contribution in [0, 0.1) is 18.8 Å². The Labute approximate surface area is 257 Å². The molecule has 3 fully saturated rings. The second-order valence-corrected chi connectivity index (χ2v) is 13.2. The molecule has 3 amide bonds. The molecule has 9 heteroatoms. The smallest absolute Gasteiger partial charge is 0.251 e. The van der Waals surface area contributed by atoms with Crippen LogP contribution in [-0.4, -0.2) is 70.0 Å². The van der Waals surface area contributed by atoms with Gasteiger partial charge in [0.15, 0.2) is 0 Å². The Morgan fingerprint density at radius 1 is 1.07 bits per heavy atom. The van der Waals surface area contributed by atoms with E-state index in [0.717, 1.165) is 17.7 Å². The molecule has 0 saturated carbocycles. The number of carbonyl (C=O) groups is 3. The minimum absolute atomic E-state index is 0.00213. The lowest BCUT2D eigenvalue weighted by molar-refractivity contribution is -0.139. The highest BCUT2D eigenvalue weighted by Crippen LogP contribution is 2.67. The fourth-order valence-corrected chi connectivity index (χ4v) is 9.65. The molecule has 3 aliphatic rings. The van der Waals surface area contributed by atoms with Crippen LogP contribution in [-0.2, 0) is 14.4 Å². The summed E-state index contributed by atoms with van der Waals surface area (Å²) in [5, 5.41) is 9.87. The van der Waals surface area contributed by atoms with Crippen LogP contribution < -0.4 is 9.80 Å². The lowest BCUT2D eigenvalue weighted by Crippen LogP contribution is -2.55. The maximum Gasteiger partial charge on any atom is 0.251 e. The number of nitrogens with zero attached hydrogens (tertiary/aromatic N) is 3. The van der Waals surface area contributed by atoms with Gasteiger partial charge >= 0.3 is 0 Å². The molecule has 222 valence electrons. The van der Waals surface area contributed by atoms with E-state index in [1.807, 2.05) is 49.4 Å². The van der Waals surface area contributed by atoms with Crippen molar-refractivity contribution >= 4 is 52.5 Å². The minimum atomic E-state index is -0.762. The third kappa shape index (κ3) is 5.07. The first-order valence-corrected chi connectivity index (χ1v) is 15.8. The quantitative estimate of drug-likeness (QED) is 0.263. The number of fused-ring (bicyclic) bond motifs is 1. The number of thioether (sulfide) groups is 1. The first-order valence-electron chi connectivity index (χ1n) is 14.5. The molecule has 0 aliphatic carbocycles. The zero-order valence-corrected chi connectivity index (χ0v) is 25.5. The molecule has 3 saturated heterocycles. The van der Waals surface area contributed by atoms with E-state index >= 15 is 0 Å². The van der Waals surface area contributed by atoms with Gasteiger partial charge in [0.2, 0.25) is 11.8 Å². The highest BCUT2D eigenvalue weighted by molar-refractivity contribution is 8.02. The van der Waals surface area contributed by atoms with Crippen LogP contribution >= 0.6 is 23.4 Å². The third-order valence-electron chi connectivity index (χ3n) is 8.81. The van der Waals surface area contributed by atoms with E-state index < -0.39 is 22.6 Å². The lowest BCUT2D eigenvalue weighted by Gasteiger charge is -2.38. The summed E-state index contributed by atoms with van der Waals surface area (Å²) in [5.74, 6) is -1.64. The Balaban J connectivity index is 1.57. The van der Waals surface area contributed by atoms with E-state index in [1.54, 1.807) is 44.7 Å². The average Bonchev–Trinajstić information content (AvgIpc) is 3.63. The second kappa shape index (κ2) is 12.7. The molecule has 2 unspecified atom stereocenters. The van der Waals surface area contributed by atoms with Crippen molar-refractivity contribution in [2.24, 2.45) is 11.8 Å². The summed E-state index contributed by atoms with van der Waals surface area (Å²) in [6, 6.07) is 14.2. The van der Waals surface area contributed by atoms with Crippen molar-refractivity contribution in [3.63, 3.8) is 0 Å². The molecule has 3 heterocycles. The standard InChI is InChI=1S/C33H38ClN3O4S/c1-4-18-35(23-13-7-6-8-14-23)30(39)26-25-16-17-33(42-25)27(26)31(40)37(20-9-10-21-38)29(33)32(41)36(19-5-2)28-22(3)12-11-15-24(28)34/h4-8,11-15,25-27,29,38H,1-2,9-10,16-21H2,3H3/t25-,26+,27+,29?,33?/m1/s1. The van der Waals surface area contributed by atoms with Crippen molar-refractivity contribution in [2.45, 2.75) is 48.6 Å². The first-order chi connectivity index (χ1) is 20.3. The fraction of sp³-hybridized carbons (Fsp3) is 0.424. The Hall–Kier alpha value is -3.07. The predicted molar refractivity (Wildman–Crippen MR) is 170 cm³/mol. The molecular weight excluding hydrogens is 570 g/mol. The first kappa shape index (κ1) is 30.4. The summed E-state index contributed by atoms with van der Waals surface area (Å²) in [5.41, 5.74) is 2.22. The highest BCUT2D eigenvalue weighted by Gasteiger charge is 2.74. The van der Waals surface area contributed by atoms with E-state index in [2.05, 4.69) is 13.2 Å². The van der Waals surface area contributed by atoms with Gasteiger partial charge in [-0.1, -0.05) is 54.1 Å². The van der Waals surface area contributed by atoms with Crippen molar-refractivity contribution in [3.8, 4) is 0 Å². The number of aliphatic hydroxyl groups is 1. The number of halogens is 1. The Morgan fingerprint density at radius 2 is 1.79 bits per heavy atom. The van der Waals surface area contributed by atoms with Crippen LogP contribution in [0.3, 0.4) is 0 Å². The molecule has 42 heavy (non-hydrogen) atoms. The number of aliphatic hydroxyl groups excluding tert-OH is 1. The molecule has 3 aliphatic heterocycles. The summed E-state index contributed by atoms with van der Waals surface area (Å²) in [7, 11) is 0. The van der Waals surface area contributed by atoms with E-state index in [1.165, 1.54) is 0 Å². The number of para-hydroxylation sites is 2. The van der Waals surface area contributed by atoms with Gasteiger partial charge in [-0.05, 0) is 56.4 Å². The van der Waals surface area contributed by atoms with Crippen LogP contribution in [0.5, 0.6) is 0 Å². The largest absolute Gasteiger partial charge is 0.396 e. The molecule has 0 radical (unpaired) electrons. The van der Waals surface area contributed by atoms with Crippen LogP contribution in [0.25, 0.3) is 0 Å². The highest BCUT2D eigenvalue weighted by atomic mass is 35.5. The van der Waals surface area contributed by atoms with Gasteiger partial charge in [-0.15, -0.1) is 24.9 Å². The average molecular weight is 608 g/mol. The molecule has 2 aromatic carbocycles. The number of carbonyl (C=O) groups excluding carboxylic acids is 3. The van der Waals surface area contributed by atoms with Gasteiger partial charge in [0.1, 0.15) is 6.04 Å². The molecule has 5 rings (SSSR count). The van der Waals surface area contributed by atoms with Gasteiger partial charge in [-0.2, -0.15) is 0 Å². The van der Waals surface area contributed by atoms with Crippen LogP contribution in [0.1, 0.15) is 31.2 Å². The fourth-order valence-electron chi connectivity index (χ4n) is 7.12. The molecule has 5 atom stereocenters. The summed E-state index contributed by atoms with van der Waals surface area (Å²) < 4.78 is -0.733. The Morgan fingerprint density at radius 3 is 2.45 bits per heavy atom. The monoisotopic (exact) mass is 607 g/mol. The summed E-state index contributed by atoms with van der Waals surface area (Å²) in [6.45, 7) is 10.6. The van der Waals surface area contributed by atoms with Crippen LogP contribution in [0.15, 0.2) is 73.8 Å². The maximum atomic E-state index is 14.7. The normalized spacial score (nSPS) is 25.8. The van der Waals surface area contributed by atoms with E-state index in [9.17, 15) is 19.5 Å². The number of unbranched alkanes of at least 4 members (excludes halogenated alkanes) is 1. The van der Waals surface area contributed by atoms with Gasteiger partial charge in [-0.3, -0.25) is 14.4 Å². The molecule has 7 nitrogen and oxygen atoms in total. The molecule has 1 N–H and O–H groups in total. The van der Waals surface area contributed by atoms with Crippen molar-refractivity contribution in [3.05, 3.63) is 84.4 Å². The topological polar surface area (TPSA) is 81.2 Å². The van der Waals surface area contributed by atoms with Gasteiger partial charge in [0.25, 0.3) is 5.91 Å². The number of likely N-dealkylation sites (tertiary alicyclic amines) is 1. The van der Waals surface area contributed by atoms with Crippen LogP contribution in [0.2, 0.25) is 5.02 Å². The Bertz CT molecular complexity index is 1350. The predicted octanol–water partition coefficient (Wildman–Crippen LogP) is 5.25. The SMILES string of the molecule is C=CCN(C(=O)[C@@H]1[C@H]2C(=O)N(CCCCO)C(C(=O)N(CC=C)c3c(C)cccc3Cl)C23CC[C@H]1S3)c1ccccc1. The number of anilines is 2. The van der Waals surface area contributed by atoms with Gasteiger partial charge in [0.05, 0.1) is 27.3 Å².